The fourth-order valence-electron chi connectivity index (χ4n) is 3.63. The fourth-order valence-corrected chi connectivity index (χ4v) is 4.77. The van der Waals surface area contributed by atoms with Gasteiger partial charge in [-0.15, -0.1) is 10.2 Å². The zero-order valence-electron chi connectivity index (χ0n) is 18.0. The summed E-state index contributed by atoms with van der Waals surface area (Å²) in [5, 5.41) is 10.3. The van der Waals surface area contributed by atoms with Crippen LogP contribution in [-0.2, 0) is 6.18 Å². The van der Waals surface area contributed by atoms with Gasteiger partial charge >= 0.3 is 6.18 Å². The molecule has 0 saturated carbocycles. The molecule has 1 aromatic carbocycles. The predicted molar refractivity (Wildman–Crippen MR) is 136 cm³/mol. The van der Waals surface area contributed by atoms with Crippen molar-refractivity contribution >= 4 is 62.5 Å². The van der Waals surface area contributed by atoms with Gasteiger partial charge in [0.1, 0.15) is 16.6 Å². The van der Waals surface area contributed by atoms with E-state index in [4.69, 9.17) is 0 Å². The summed E-state index contributed by atoms with van der Waals surface area (Å²) in [6, 6.07) is 10.2. The number of fused-ring (bicyclic) bond motifs is 1. The average Bonchev–Trinajstić information content (AvgIpc) is 3.35. The van der Waals surface area contributed by atoms with E-state index in [-0.39, 0.29) is 10.9 Å². The number of nitrogens with zero attached hydrogens (tertiary/aromatic N) is 6. The van der Waals surface area contributed by atoms with Gasteiger partial charge in [-0.05, 0) is 29.7 Å². The van der Waals surface area contributed by atoms with Gasteiger partial charge in [-0.1, -0.05) is 23.5 Å². The highest BCUT2D eigenvalue weighted by Crippen LogP contribution is 2.35. The molecule has 0 aliphatic carbocycles. The van der Waals surface area contributed by atoms with Crippen molar-refractivity contribution in [2.24, 2.45) is 0 Å². The quantitative estimate of drug-likeness (QED) is 0.260. The first kappa shape index (κ1) is 23.8. The van der Waals surface area contributed by atoms with Gasteiger partial charge in [-0.2, -0.15) is 13.2 Å². The van der Waals surface area contributed by atoms with Crippen LogP contribution in [0.4, 0.5) is 24.8 Å². The number of nitrogens with one attached hydrogen (secondary N) is 1. The molecule has 0 spiro atoms. The number of benzene rings is 1. The highest BCUT2D eigenvalue weighted by atomic mass is 127. The number of halogens is 4. The SMILES string of the molecule is O=C(Nc1cc2cc(-c3nnc(C(F)(F)F)s3)ccc2cn1)c1ccnc(N2CCN(I)CC2)c1. The number of anilines is 2. The van der Waals surface area contributed by atoms with E-state index in [9.17, 15) is 18.0 Å². The van der Waals surface area contributed by atoms with Gasteiger partial charge in [0.2, 0.25) is 5.01 Å². The molecule has 0 unspecified atom stereocenters. The number of carbonyl (C=O) groups is 1. The third-order valence-electron chi connectivity index (χ3n) is 5.43. The fraction of sp³-hybridized carbons (Fsp3) is 0.227. The molecule has 1 N–H and O–H groups in total. The Kier molecular flexibility index (Phi) is 6.55. The minimum atomic E-state index is -4.54. The van der Waals surface area contributed by atoms with E-state index < -0.39 is 11.2 Å². The van der Waals surface area contributed by atoms with Crippen molar-refractivity contribution in [3.63, 3.8) is 0 Å². The zero-order valence-corrected chi connectivity index (χ0v) is 20.9. The third-order valence-corrected chi connectivity index (χ3v) is 7.42. The van der Waals surface area contributed by atoms with Gasteiger partial charge in [0.25, 0.3) is 5.91 Å². The first-order valence-electron chi connectivity index (χ1n) is 10.5. The Labute approximate surface area is 215 Å². The molecule has 35 heavy (non-hydrogen) atoms. The molecule has 4 aromatic rings. The van der Waals surface area contributed by atoms with Gasteiger partial charge in [0, 0.05) is 78.0 Å². The molecule has 180 valence electrons. The van der Waals surface area contributed by atoms with Crippen molar-refractivity contribution in [1.82, 2.24) is 23.3 Å². The van der Waals surface area contributed by atoms with Crippen LogP contribution < -0.4 is 10.2 Å². The van der Waals surface area contributed by atoms with Crippen molar-refractivity contribution < 1.29 is 18.0 Å². The Bertz CT molecular complexity index is 1390. The smallest absolute Gasteiger partial charge is 0.354 e. The average molecular weight is 611 g/mol. The third kappa shape index (κ3) is 5.36. The molecule has 4 heterocycles. The minimum absolute atomic E-state index is 0.161. The lowest BCUT2D eigenvalue weighted by Gasteiger charge is -2.32. The Morgan fingerprint density at radius 2 is 1.80 bits per heavy atom. The summed E-state index contributed by atoms with van der Waals surface area (Å²) in [6.45, 7) is 3.48. The standard InChI is InChI=1S/C22H17F3IN7OS/c23-22(24,25)21-31-30-20(35-21)14-1-2-15-12-28-17(10-16(15)9-14)29-19(34)13-3-4-27-18(11-13)32-5-7-33(26)8-6-32/h1-4,9-12H,5-8H2,(H,28,29,34). The van der Waals surface area contributed by atoms with Crippen LogP contribution in [-0.4, -0.2) is 55.4 Å². The Morgan fingerprint density at radius 3 is 2.54 bits per heavy atom. The topological polar surface area (TPSA) is 87.1 Å². The molecule has 0 atom stereocenters. The summed E-state index contributed by atoms with van der Waals surface area (Å²) in [4.78, 5) is 23.7. The molecule has 0 radical (unpaired) electrons. The molecule has 1 fully saturated rings. The summed E-state index contributed by atoms with van der Waals surface area (Å²) in [5.74, 6) is 0.737. The van der Waals surface area contributed by atoms with Gasteiger partial charge in [-0.3, -0.25) is 4.79 Å². The van der Waals surface area contributed by atoms with Crippen LogP contribution >= 0.6 is 34.2 Å². The molecule has 1 aliphatic rings. The molecule has 3 aromatic heterocycles. The van der Waals surface area contributed by atoms with Crippen LogP contribution in [0.2, 0.25) is 0 Å². The number of aromatic nitrogens is 4. The number of hydrogen-bond donors (Lipinski definition) is 1. The van der Waals surface area contributed by atoms with Crippen LogP contribution in [0.25, 0.3) is 21.3 Å². The number of carbonyl (C=O) groups excluding carboxylic acids is 1. The summed E-state index contributed by atoms with van der Waals surface area (Å²) < 4.78 is 40.9. The van der Waals surface area contributed by atoms with Crippen LogP contribution in [0.3, 0.4) is 0 Å². The summed E-state index contributed by atoms with van der Waals surface area (Å²) >= 11 is 2.78. The number of rotatable bonds is 4. The molecular weight excluding hydrogens is 594 g/mol. The van der Waals surface area contributed by atoms with Gasteiger partial charge in [0.15, 0.2) is 0 Å². The molecule has 5 rings (SSSR count). The first-order chi connectivity index (χ1) is 16.8. The Hall–Kier alpha value is -2.91. The second-order valence-corrected chi connectivity index (χ2v) is 10.1. The Morgan fingerprint density at radius 1 is 1.00 bits per heavy atom. The molecule has 1 saturated heterocycles. The largest absolute Gasteiger partial charge is 0.445 e. The summed E-state index contributed by atoms with van der Waals surface area (Å²) in [7, 11) is 0. The normalized spacial score (nSPS) is 14.9. The molecule has 1 amide bonds. The number of amides is 1. The molecule has 0 bridgehead atoms. The first-order valence-corrected chi connectivity index (χ1v) is 12.3. The minimum Gasteiger partial charge on any atom is -0.354 e. The maximum atomic E-state index is 12.9. The lowest BCUT2D eigenvalue weighted by molar-refractivity contribution is -0.138. The monoisotopic (exact) mass is 611 g/mol. The highest BCUT2D eigenvalue weighted by molar-refractivity contribution is 14.1. The van der Waals surface area contributed by atoms with Crippen molar-refractivity contribution in [2.45, 2.75) is 6.18 Å². The van der Waals surface area contributed by atoms with E-state index in [1.165, 1.54) is 0 Å². The van der Waals surface area contributed by atoms with E-state index in [1.807, 2.05) is 0 Å². The zero-order chi connectivity index (χ0) is 24.6. The lowest BCUT2D eigenvalue weighted by Crippen LogP contribution is -2.42. The number of piperazine rings is 1. The molecular formula is C22H17F3IN7OS. The van der Waals surface area contributed by atoms with E-state index in [1.54, 1.807) is 48.8 Å². The van der Waals surface area contributed by atoms with Crippen LogP contribution in [0.1, 0.15) is 15.4 Å². The predicted octanol–water partition coefficient (Wildman–Crippen LogP) is 4.89. The highest BCUT2D eigenvalue weighted by Gasteiger charge is 2.35. The molecule has 13 heteroatoms. The van der Waals surface area contributed by atoms with Gasteiger partial charge in [0.05, 0.1) is 0 Å². The van der Waals surface area contributed by atoms with Crippen molar-refractivity contribution in [3.05, 3.63) is 59.4 Å². The van der Waals surface area contributed by atoms with Crippen molar-refractivity contribution in [3.8, 4) is 10.6 Å². The second-order valence-electron chi connectivity index (χ2n) is 7.80. The maximum absolute atomic E-state index is 12.9. The van der Waals surface area contributed by atoms with Gasteiger partial charge in [-0.25, -0.2) is 13.1 Å². The maximum Gasteiger partial charge on any atom is 0.445 e. The van der Waals surface area contributed by atoms with E-state index >= 15 is 0 Å². The van der Waals surface area contributed by atoms with Crippen molar-refractivity contribution in [2.75, 3.05) is 36.4 Å². The lowest BCUT2D eigenvalue weighted by atomic mass is 10.1. The van der Waals surface area contributed by atoms with Crippen molar-refractivity contribution in [1.29, 1.82) is 0 Å². The van der Waals surface area contributed by atoms with E-state index in [0.717, 1.165) is 37.4 Å². The second kappa shape index (κ2) is 9.62. The Balaban J connectivity index is 1.35. The molecule has 1 aliphatic heterocycles. The number of alkyl halides is 3. The van der Waals surface area contributed by atoms with E-state index in [2.05, 4.69) is 56.4 Å². The van der Waals surface area contributed by atoms with Crippen LogP contribution in [0.15, 0.2) is 48.8 Å². The van der Waals surface area contributed by atoms with E-state index in [0.29, 0.717) is 33.7 Å². The summed E-state index contributed by atoms with van der Waals surface area (Å²) in [6.07, 6.45) is -1.33. The van der Waals surface area contributed by atoms with Crippen LogP contribution in [0.5, 0.6) is 0 Å². The number of pyridine rings is 2. The van der Waals surface area contributed by atoms with Crippen LogP contribution in [0, 0.1) is 0 Å². The number of hydrogen-bond acceptors (Lipinski definition) is 8. The summed E-state index contributed by atoms with van der Waals surface area (Å²) in [5.41, 5.74) is 0.954. The molecule has 8 nitrogen and oxygen atoms in total. The van der Waals surface area contributed by atoms with Gasteiger partial charge < -0.3 is 10.2 Å².